The summed E-state index contributed by atoms with van der Waals surface area (Å²) in [7, 11) is 0. The summed E-state index contributed by atoms with van der Waals surface area (Å²) in [6, 6.07) is 0. The van der Waals surface area contributed by atoms with E-state index >= 15 is 0 Å². The zero-order chi connectivity index (χ0) is 18.2. The molecule has 1 aliphatic rings. The predicted molar refractivity (Wildman–Crippen MR) is 108 cm³/mol. The van der Waals surface area contributed by atoms with Crippen LogP contribution in [0.1, 0.15) is 110 Å². The molecule has 0 heterocycles. The van der Waals surface area contributed by atoms with Crippen LogP contribution >= 0.6 is 0 Å². The van der Waals surface area contributed by atoms with Crippen LogP contribution in [0.4, 0.5) is 0 Å². The Hall–Kier alpha value is -1.05. The van der Waals surface area contributed by atoms with Crippen molar-refractivity contribution < 1.29 is 9.90 Å². The van der Waals surface area contributed by atoms with E-state index in [0.717, 1.165) is 12.8 Å². The van der Waals surface area contributed by atoms with E-state index in [1.165, 1.54) is 96.0 Å². The van der Waals surface area contributed by atoms with Crippen molar-refractivity contribution in [3.8, 4) is 0 Å². The van der Waals surface area contributed by atoms with E-state index in [9.17, 15) is 9.90 Å². The molecular formula is C23H40O2. The third-order valence-electron chi connectivity index (χ3n) is 5.31. The number of ketones is 1. The van der Waals surface area contributed by atoms with Gasteiger partial charge in [0.25, 0.3) is 0 Å². The average molecular weight is 349 g/mol. The maximum Gasteiger partial charge on any atom is 0.203 e. The van der Waals surface area contributed by atoms with Gasteiger partial charge in [0.2, 0.25) is 5.78 Å². The zero-order valence-corrected chi connectivity index (χ0v) is 16.5. The van der Waals surface area contributed by atoms with Gasteiger partial charge in [0.05, 0.1) is 0 Å². The molecule has 1 rings (SSSR count). The highest BCUT2D eigenvalue weighted by Crippen LogP contribution is 2.20. The van der Waals surface area contributed by atoms with E-state index in [0.29, 0.717) is 0 Å². The summed E-state index contributed by atoms with van der Waals surface area (Å²) in [5.74, 6) is -0.270. The van der Waals surface area contributed by atoms with Crippen molar-refractivity contribution in [2.45, 2.75) is 110 Å². The van der Waals surface area contributed by atoms with Crippen LogP contribution in [0.5, 0.6) is 0 Å². The molecule has 1 aliphatic carbocycles. The molecule has 1 unspecified atom stereocenters. The van der Waals surface area contributed by atoms with Gasteiger partial charge in [-0.3, -0.25) is 4.79 Å². The van der Waals surface area contributed by atoms with Crippen LogP contribution in [-0.2, 0) is 4.79 Å². The van der Waals surface area contributed by atoms with E-state index in [-0.39, 0.29) is 17.5 Å². The fraction of sp³-hybridized carbons (Fsp3) is 0.783. The van der Waals surface area contributed by atoms with Crippen molar-refractivity contribution >= 4 is 5.78 Å². The number of rotatable bonds is 16. The number of Topliss-reactive ketones (excluding diaryl/α,β-unsaturated/α-hetero) is 1. The van der Waals surface area contributed by atoms with E-state index in [2.05, 4.69) is 6.92 Å². The molecule has 0 fully saturated rings. The van der Waals surface area contributed by atoms with Gasteiger partial charge >= 0.3 is 0 Å². The Morgan fingerprint density at radius 2 is 1.20 bits per heavy atom. The van der Waals surface area contributed by atoms with Crippen molar-refractivity contribution in [2.75, 3.05) is 0 Å². The number of allylic oxidation sites excluding steroid dienone is 4. The molecule has 0 saturated carbocycles. The van der Waals surface area contributed by atoms with Gasteiger partial charge in [0.1, 0.15) is 0 Å². The van der Waals surface area contributed by atoms with Crippen LogP contribution in [0.3, 0.4) is 0 Å². The van der Waals surface area contributed by atoms with Crippen LogP contribution in [0, 0.1) is 5.92 Å². The molecule has 0 aromatic heterocycles. The third kappa shape index (κ3) is 11.2. The van der Waals surface area contributed by atoms with Crippen molar-refractivity contribution in [2.24, 2.45) is 5.92 Å². The first-order valence-electron chi connectivity index (χ1n) is 10.9. The highest BCUT2D eigenvalue weighted by atomic mass is 16.3. The van der Waals surface area contributed by atoms with Crippen molar-refractivity contribution in [1.29, 1.82) is 0 Å². The number of hydrogen-bond donors (Lipinski definition) is 1. The van der Waals surface area contributed by atoms with E-state index in [4.69, 9.17) is 0 Å². The lowest BCUT2D eigenvalue weighted by atomic mass is 9.92. The Balaban J connectivity index is 1.78. The normalized spacial score (nSPS) is 17.1. The summed E-state index contributed by atoms with van der Waals surface area (Å²) in [5, 5.41) is 9.43. The molecule has 1 N–H and O–H groups in total. The predicted octanol–water partition coefficient (Wildman–Crippen LogP) is 7.44. The number of unbranched alkanes of at least 4 members (excludes halogenated alkanes) is 14. The maximum absolute atomic E-state index is 11.7. The maximum atomic E-state index is 11.7. The first-order chi connectivity index (χ1) is 12.3. The smallest absolute Gasteiger partial charge is 0.203 e. The van der Waals surface area contributed by atoms with Crippen molar-refractivity contribution in [1.82, 2.24) is 0 Å². The second kappa shape index (κ2) is 15.2. The number of carbonyl (C=O) groups is 1. The Kier molecular flexibility index (Phi) is 13.4. The standard InChI is InChI=1S/C23H40O2/c1-2-3-4-5-6-7-8-9-10-11-12-13-14-15-16-18-21-19-17-20-22(24)23(21)25/h17,19-21,24H,2-16,18H2,1H3. The Morgan fingerprint density at radius 3 is 1.68 bits per heavy atom. The summed E-state index contributed by atoms with van der Waals surface area (Å²) < 4.78 is 0. The fourth-order valence-corrected chi connectivity index (χ4v) is 3.60. The lowest BCUT2D eigenvalue weighted by Gasteiger charge is -2.13. The molecule has 0 aromatic rings. The van der Waals surface area contributed by atoms with Gasteiger partial charge in [0, 0.05) is 5.92 Å². The van der Waals surface area contributed by atoms with Gasteiger partial charge in [-0.25, -0.2) is 0 Å². The second-order valence-corrected chi connectivity index (χ2v) is 7.65. The summed E-state index contributed by atoms with van der Waals surface area (Å²) in [6.45, 7) is 2.28. The SMILES string of the molecule is CCCCCCCCCCCCCCCCCC1C=CC=C(O)C1=O. The number of hydrogen-bond acceptors (Lipinski definition) is 2. The molecule has 144 valence electrons. The van der Waals surface area contributed by atoms with Gasteiger partial charge in [-0.15, -0.1) is 0 Å². The number of aliphatic hydroxyl groups is 1. The topological polar surface area (TPSA) is 37.3 Å². The molecule has 25 heavy (non-hydrogen) atoms. The fourth-order valence-electron chi connectivity index (χ4n) is 3.60. The first-order valence-corrected chi connectivity index (χ1v) is 10.9. The van der Waals surface area contributed by atoms with Crippen molar-refractivity contribution in [3.63, 3.8) is 0 Å². The van der Waals surface area contributed by atoms with E-state index in [1.54, 1.807) is 6.08 Å². The lowest BCUT2D eigenvalue weighted by molar-refractivity contribution is -0.120. The zero-order valence-electron chi connectivity index (χ0n) is 16.5. The van der Waals surface area contributed by atoms with Gasteiger partial charge in [-0.2, -0.15) is 0 Å². The van der Waals surface area contributed by atoms with E-state index < -0.39 is 0 Å². The molecule has 2 heteroatoms. The van der Waals surface area contributed by atoms with Crippen LogP contribution in [0.25, 0.3) is 0 Å². The Labute approximate surface area is 155 Å². The minimum Gasteiger partial charge on any atom is -0.504 e. The Bertz CT molecular complexity index is 395. The molecule has 0 saturated heterocycles. The van der Waals surface area contributed by atoms with Gasteiger partial charge in [0.15, 0.2) is 5.76 Å². The van der Waals surface area contributed by atoms with Crippen molar-refractivity contribution in [3.05, 3.63) is 24.0 Å². The molecule has 1 atom stereocenters. The minimum absolute atomic E-state index is 0.0755. The molecule has 0 bridgehead atoms. The monoisotopic (exact) mass is 348 g/mol. The van der Waals surface area contributed by atoms with Crippen LogP contribution in [-0.4, -0.2) is 10.9 Å². The molecule has 0 spiro atoms. The summed E-state index contributed by atoms with van der Waals surface area (Å²) in [5.41, 5.74) is 0. The Morgan fingerprint density at radius 1 is 0.760 bits per heavy atom. The summed E-state index contributed by atoms with van der Waals surface area (Å²) in [6.07, 6.45) is 26.5. The molecule has 0 amide bonds. The minimum atomic E-state index is -0.104. The number of carbonyl (C=O) groups excluding carboxylic acids is 1. The quantitative estimate of drug-likeness (QED) is 0.294. The molecule has 2 nitrogen and oxygen atoms in total. The largest absolute Gasteiger partial charge is 0.504 e. The highest BCUT2D eigenvalue weighted by molar-refractivity contribution is 5.97. The van der Waals surface area contributed by atoms with Gasteiger partial charge < -0.3 is 5.11 Å². The van der Waals surface area contributed by atoms with Crippen LogP contribution < -0.4 is 0 Å². The summed E-state index contributed by atoms with van der Waals surface area (Å²) in [4.78, 5) is 11.7. The number of aliphatic hydroxyl groups excluding tert-OH is 1. The molecule has 0 aliphatic heterocycles. The van der Waals surface area contributed by atoms with E-state index in [1.807, 2.05) is 6.08 Å². The average Bonchev–Trinajstić information content (AvgIpc) is 2.61. The van der Waals surface area contributed by atoms with Crippen LogP contribution in [0.15, 0.2) is 24.0 Å². The van der Waals surface area contributed by atoms with Crippen LogP contribution in [0.2, 0.25) is 0 Å². The first kappa shape index (κ1) is 22.0. The molecular weight excluding hydrogens is 308 g/mol. The highest BCUT2D eigenvalue weighted by Gasteiger charge is 2.20. The van der Waals surface area contributed by atoms with Gasteiger partial charge in [-0.1, -0.05) is 115 Å². The molecule has 0 radical (unpaired) electrons. The lowest BCUT2D eigenvalue weighted by Crippen LogP contribution is -2.16. The summed E-state index contributed by atoms with van der Waals surface area (Å²) >= 11 is 0. The molecule has 0 aromatic carbocycles. The second-order valence-electron chi connectivity index (χ2n) is 7.65. The third-order valence-corrected chi connectivity index (χ3v) is 5.31. The van der Waals surface area contributed by atoms with Gasteiger partial charge in [-0.05, 0) is 12.5 Å².